The van der Waals surface area contributed by atoms with Crippen molar-refractivity contribution >= 4 is 33.0 Å². The van der Waals surface area contributed by atoms with Crippen LogP contribution in [0.3, 0.4) is 0 Å². The van der Waals surface area contributed by atoms with Gasteiger partial charge >= 0.3 is 0 Å². The fourth-order valence-corrected chi connectivity index (χ4v) is 2.17. The number of nitrogens with two attached hydrogens (primary N) is 1. The van der Waals surface area contributed by atoms with Crippen molar-refractivity contribution in [1.82, 2.24) is 0 Å². The molecule has 0 amide bonds. The molecule has 0 saturated heterocycles. The number of nitrogen functional groups attached to an aromatic ring is 1. The number of ether oxygens (including phenoxy) is 1. The van der Waals surface area contributed by atoms with Gasteiger partial charge in [-0.25, -0.2) is 0 Å². The van der Waals surface area contributed by atoms with Gasteiger partial charge in [0.05, 0.1) is 11.8 Å². The second kappa shape index (κ2) is 5.97. The Hall–Kier alpha value is -1.68. The van der Waals surface area contributed by atoms with Crippen LogP contribution in [0.2, 0.25) is 0 Å². The zero-order valence-electron chi connectivity index (χ0n) is 11.0. The van der Waals surface area contributed by atoms with Crippen LogP contribution in [0.1, 0.15) is 13.8 Å². The SMILES string of the molecule is CC(C)Oc1ccc(Nc2ccc(N)cc2Br)cc1. The average molecular weight is 321 g/mol. The molecule has 0 unspecified atom stereocenters. The summed E-state index contributed by atoms with van der Waals surface area (Å²) in [6.07, 6.45) is 0.185. The summed E-state index contributed by atoms with van der Waals surface area (Å²) in [6.45, 7) is 4.02. The molecule has 0 spiro atoms. The van der Waals surface area contributed by atoms with Crippen LogP contribution in [0.25, 0.3) is 0 Å². The molecular weight excluding hydrogens is 304 g/mol. The molecule has 0 fully saturated rings. The summed E-state index contributed by atoms with van der Waals surface area (Å²) in [5, 5.41) is 3.32. The third kappa shape index (κ3) is 3.89. The normalized spacial score (nSPS) is 10.5. The summed E-state index contributed by atoms with van der Waals surface area (Å²) >= 11 is 3.48. The maximum Gasteiger partial charge on any atom is 0.119 e. The van der Waals surface area contributed by atoms with Gasteiger partial charge in [-0.15, -0.1) is 0 Å². The van der Waals surface area contributed by atoms with E-state index in [1.807, 2.05) is 56.3 Å². The van der Waals surface area contributed by atoms with E-state index in [4.69, 9.17) is 10.5 Å². The molecule has 0 aromatic heterocycles. The summed E-state index contributed by atoms with van der Waals surface area (Å²) in [4.78, 5) is 0. The van der Waals surface area contributed by atoms with Crippen LogP contribution in [-0.4, -0.2) is 6.10 Å². The number of benzene rings is 2. The molecule has 2 aromatic carbocycles. The van der Waals surface area contributed by atoms with Gasteiger partial charge in [0.1, 0.15) is 5.75 Å². The van der Waals surface area contributed by atoms with Crippen LogP contribution in [0.5, 0.6) is 5.75 Å². The Morgan fingerprint density at radius 3 is 2.37 bits per heavy atom. The molecular formula is C15H17BrN2O. The first-order valence-electron chi connectivity index (χ1n) is 6.13. The smallest absolute Gasteiger partial charge is 0.119 e. The first-order chi connectivity index (χ1) is 9.04. The van der Waals surface area contributed by atoms with E-state index in [0.29, 0.717) is 0 Å². The third-order valence-corrected chi connectivity index (χ3v) is 3.15. The lowest BCUT2D eigenvalue weighted by Gasteiger charge is -2.12. The molecule has 2 aromatic rings. The first kappa shape index (κ1) is 13.7. The predicted molar refractivity (Wildman–Crippen MR) is 84.0 cm³/mol. The van der Waals surface area contributed by atoms with Crippen molar-refractivity contribution < 1.29 is 4.74 Å². The van der Waals surface area contributed by atoms with Crippen LogP contribution in [0, 0.1) is 0 Å². The highest BCUT2D eigenvalue weighted by Crippen LogP contribution is 2.28. The van der Waals surface area contributed by atoms with E-state index in [2.05, 4.69) is 21.2 Å². The highest BCUT2D eigenvalue weighted by molar-refractivity contribution is 9.10. The molecule has 3 nitrogen and oxygen atoms in total. The van der Waals surface area contributed by atoms with E-state index in [-0.39, 0.29) is 6.10 Å². The minimum absolute atomic E-state index is 0.185. The molecule has 19 heavy (non-hydrogen) atoms. The Labute approximate surface area is 121 Å². The van der Waals surface area contributed by atoms with Gasteiger partial charge in [0.15, 0.2) is 0 Å². The van der Waals surface area contributed by atoms with E-state index in [1.54, 1.807) is 0 Å². The highest BCUT2D eigenvalue weighted by atomic mass is 79.9. The van der Waals surface area contributed by atoms with Crippen molar-refractivity contribution in [2.75, 3.05) is 11.1 Å². The van der Waals surface area contributed by atoms with Crippen LogP contribution >= 0.6 is 15.9 Å². The van der Waals surface area contributed by atoms with Gasteiger partial charge in [0.25, 0.3) is 0 Å². The summed E-state index contributed by atoms with van der Waals surface area (Å²) in [5.74, 6) is 0.872. The van der Waals surface area contributed by atoms with Crippen molar-refractivity contribution in [2.45, 2.75) is 20.0 Å². The van der Waals surface area contributed by atoms with Crippen LogP contribution < -0.4 is 15.8 Å². The number of hydrogen-bond donors (Lipinski definition) is 2. The van der Waals surface area contributed by atoms with Gasteiger partial charge < -0.3 is 15.8 Å². The van der Waals surface area contributed by atoms with Crippen molar-refractivity contribution in [3.8, 4) is 5.75 Å². The third-order valence-electron chi connectivity index (χ3n) is 2.50. The van der Waals surface area contributed by atoms with E-state index in [0.717, 1.165) is 27.3 Å². The maximum absolute atomic E-state index is 5.71. The molecule has 2 rings (SSSR count). The molecule has 0 aliphatic rings. The van der Waals surface area contributed by atoms with E-state index >= 15 is 0 Å². The topological polar surface area (TPSA) is 47.3 Å². The quantitative estimate of drug-likeness (QED) is 0.812. The zero-order valence-corrected chi connectivity index (χ0v) is 12.6. The standard InChI is InChI=1S/C15H17BrN2O/c1-10(2)19-13-6-4-12(5-7-13)18-15-8-3-11(17)9-14(15)16/h3-10,18H,17H2,1-2H3. The Balaban J connectivity index is 2.10. The monoisotopic (exact) mass is 320 g/mol. The Morgan fingerprint density at radius 1 is 1.11 bits per heavy atom. The van der Waals surface area contributed by atoms with Crippen LogP contribution in [0.15, 0.2) is 46.9 Å². The average Bonchev–Trinajstić information content (AvgIpc) is 2.34. The second-order valence-corrected chi connectivity index (χ2v) is 5.41. The minimum Gasteiger partial charge on any atom is -0.491 e. The molecule has 0 aliphatic carbocycles. The summed E-state index contributed by atoms with van der Waals surface area (Å²) in [7, 11) is 0. The van der Waals surface area contributed by atoms with Crippen molar-refractivity contribution in [3.05, 3.63) is 46.9 Å². The lowest BCUT2D eigenvalue weighted by molar-refractivity contribution is 0.242. The van der Waals surface area contributed by atoms with Crippen LogP contribution in [-0.2, 0) is 0 Å². The van der Waals surface area contributed by atoms with Gasteiger partial charge in [0, 0.05) is 15.8 Å². The van der Waals surface area contributed by atoms with Crippen molar-refractivity contribution in [1.29, 1.82) is 0 Å². The number of halogens is 1. The first-order valence-corrected chi connectivity index (χ1v) is 6.92. The molecule has 3 N–H and O–H groups in total. The van der Waals surface area contributed by atoms with E-state index < -0.39 is 0 Å². The molecule has 100 valence electrons. The molecule has 0 saturated carbocycles. The molecule has 4 heteroatoms. The predicted octanol–water partition coefficient (Wildman–Crippen LogP) is 4.56. The van der Waals surface area contributed by atoms with Gasteiger partial charge in [-0.05, 0) is 72.2 Å². The summed E-state index contributed by atoms with van der Waals surface area (Å²) in [6, 6.07) is 13.6. The van der Waals surface area contributed by atoms with Crippen LogP contribution in [0.4, 0.5) is 17.1 Å². The Bertz CT molecular complexity index is 553. The van der Waals surface area contributed by atoms with Crippen molar-refractivity contribution in [3.63, 3.8) is 0 Å². The lowest BCUT2D eigenvalue weighted by Crippen LogP contribution is -2.05. The number of nitrogens with one attached hydrogen (secondary N) is 1. The van der Waals surface area contributed by atoms with Crippen molar-refractivity contribution in [2.24, 2.45) is 0 Å². The summed E-state index contributed by atoms with van der Waals surface area (Å²) in [5.41, 5.74) is 8.43. The molecule has 0 radical (unpaired) electrons. The van der Waals surface area contributed by atoms with Gasteiger partial charge in [-0.1, -0.05) is 0 Å². The molecule has 0 bridgehead atoms. The number of rotatable bonds is 4. The Morgan fingerprint density at radius 2 is 1.79 bits per heavy atom. The number of hydrogen-bond acceptors (Lipinski definition) is 3. The zero-order chi connectivity index (χ0) is 13.8. The molecule has 0 aliphatic heterocycles. The maximum atomic E-state index is 5.71. The minimum atomic E-state index is 0.185. The van der Waals surface area contributed by atoms with E-state index in [9.17, 15) is 0 Å². The van der Waals surface area contributed by atoms with Gasteiger partial charge in [-0.2, -0.15) is 0 Å². The van der Waals surface area contributed by atoms with E-state index in [1.165, 1.54) is 0 Å². The molecule has 0 atom stereocenters. The lowest BCUT2D eigenvalue weighted by atomic mass is 10.2. The Kier molecular flexibility index (Phi) is 4.32. The van der Waals surface area contributed by atoms with Gasteiger partial charge in [-0.3, -0.25) is 0 Å². The molecule has 0 heterocycles. The van der Waals surface area contributed by atoms with Gasteiger partial charge in [0.2, 0.25) is 0 Å². The summed E-state index contributed by atoms with van der Waals surface area (Å²) < 4.78 is 6.55. The fraction of sp³-hybridized carbons (Fsp3) is 0.200. The second-order valence-electron chi connectivity index (χ2n) is 4.56. The number of anilines is 3. The highest BCUT2D eigenvalue weighted by Gasteiger charge is 2.02. The largest absolute Gasteiger partial charge is 0.491 e. The fourth-order valence-electron chi connectivity index (χ4n) is 1.68.